The van der Waals surface area contributed by atoms with E-state index in [4.69, 9.17) is 9.15 Å². The summed E-state index contributed by atoms with van der Waals surface area (Å²) in [6, 6.07) is 6.50. The summed E-state index contributed by atoms with van der Waals surface area (Å²) in [6.45, 7) is 4.39. The predicted octanol–water partition coefficient (Wildman–Crippen LogP) is 2.25. The van der Waals surface area contributed by atoms with Gasteiger partial charge in [-0.05, 0) is 42.2 Å². The van der Waals surface area contributed by atoms with E-state index in [0.29, 0.717) is 25.5 Å². The maximum absolute atomic E-state index is 13.2. The molecule has 1 aliphatic heterocycles. The lowest BCUT2D eigenvalue weighted by Crippen LogP contribution is -2.42. The zero-order valence-electron chi connectivity index (χ0n) is 17.8. The quantitative estimate of drug-likeness (QED) is 0.518. The summed E-state index contributed by atoms with van der Waals surface area (Å²) in [7, 11) is 0. The lowest BCUT2D eigenvalue weighted by Gasteiger charge is -2.31. The molecule has 9 heteroatoms. The van der Waals surface area contributed by atoms with Crippen LogP contribution in [0.15, 0.2) is 47.5 Å². The highest BCUT2D eigenvalue weighted by Gasteiger charge is 2.22. The van der Waals surface area contributed by atoms with Crippen LogP contribution in [0.1, 0.15) is 32.8 Å². The summed E-state index contributed by atoms with van der Waals surface area (Å²) >= 11 is 0. The van der Waals surface area contributed by atoms with Gasteiger partial charge in [-0.25, -0.2) is 9.97 Å². The second-order valence-electron chi connectivity index (χ2n) is 7.80. The third-order valence-electron chi connectivity index (χ3n) is 5.53. The molecule has 4 rings (SSSR count). The van der Waals surface area contributed by atoms with E-state index in [-0.39, 0.29) is 12.1 Å². The summed E-state index contributed by atoms with van der Waals surface area (Å²) < 4.78 is 24.2. The first-order valence-corrected chi connectivity index (χ1v) is 10.4. The van der Waals surface area contributed by atoms with Gasteiger partial charge in [-0.2, -0.15) is 4.39 Å². The number of amides is 1. The van der Waals surface area contributed by atoms with Gasteiger partial charge in [-0.1, -0.05) is 6.07 Å². The monoisotopic (exact) mass is 440 g/mol. The number of rotatable bonds is 8. The van der Waals surface area contributed by atoms with Crippen LogP contribution in [0, 0.1) is 12.9 Å². The van der Waals surface area contributed by atoms with E-state index in [9.17, 15) is 14.3 Å². The van der Waals surface area contributed by atoms with Crippen LogP contribution in [-0.4, -0.2) is 51.6 Å². The lowest BCUT2D eigenvalue weighted by atomic mass is 9.94. The number of nitrogens with one attached hydrogen (secondary N) is 1. The molecule has 0 spiro atoms. The number of benzene rings is 1. The molecule has 32 heavy (non-hydrogen) atoms. The highest BCUT2D eigenvalue weighted by Crippen LogP contribution is 2.29. The van der Waals surface area contributed by atoms with Gasteiger partial charge in [0.05, 0.1) is 12.3 Å². The van der Waals surface area contributed by atoms with Crippen molar-refractivity contribution >= 4 is 5.91 Å². The van der Waals surface area contributed by atoms with Gasteiger partial charge in [0.15, 0.2) is 12.2 Å². The standard InChI is InChI=1S/C23H25FN4O4/c1-15-20-5-7-28(11-17(20)2-3-21(15)31-13-19-10-25-14-32-19)12-18(29)9-27-23(30)16-4-6-26-22(24)8-16/h2-4,6,8,10,14,18,29H,5,7,9,11-13H2,1H3,(H,27,30)/t18-/m0/s1. The topological polar surface area (TPSA) is 101 Å². The number of β-amino-alcohol motifs (C(OH)–C–C–N with tert-alkyl or cyclic N) is 1. The van der Waals surface area contributed by atoms with Crippen LogP contribution in [-0.2, 0) is 19.6 Å². The number of oxazole rings is 1. The number of hydrogen-bond donors (Lipinski definition) is 2. The van der Waals surface area contributed by atoms with Gasteiger partial charge in [0, 0.05) is 44.0 Å². The molecule has 1 amide bonds. The van der Waals surface area contributed by atoms with E-state index < -0.39 is 18.0 Å². The van der Waals surface area contributed by atoms with Crippen molar-refractivity contribution in [1.29, 1.82) is 0 Å². The molecule has 0 unspecified atom stereocenters. The van der Waals surface area contributed by atoms with Gasteiger partial charge in [-0.3, -0.25) is 9.69 Å². The largest absolute Gasteiger partial charge is 0.485 e. The fraction of sp³-hybridized carbons (Fsp3) is 0.348. The van der Waals surface area contributed by atoms with E-state index in [2.05, 4.69) is 33.2 Å². The molecule has 8 nitrogen and oxygen atoms in total. The van der Waals surface area contributed by atoms with Crippen LogP contribution in [0.3, 0.4) is 0 Å². The number of fused-ring (bicyclic) bond motifs is 1. The molecule has 0 bridgehead atoms. The van der Waals surface area contributed by atoms with Crippen LogP contribution in [0.2, 0.25) is 0 Å². The molecule has 3 aromatic rings. The van der Waals surface area contributed by atoms with E-state index in [1.54, 1.807) is 6.20 Å². The Hall–Kier alpha value is -3.30. The highest BCUT2D eigenvalue weighted by atomic mass is 19.1. The molecular formula is C23H25FN4O4. The average Bonchev–Trinajstić information content (AvgIpc) is 3.31. The number of ether oxygens (including phenoxy) is 1. The molecule has 3 heterocycles. The zero-order valence-corrected chi connectivity index (χ0v) is 17.8. The van der Waals surface area contributed by atoms with Crippen LogP contribution in [0.4, 0.5) is 4.39 Å². The normalized spacial score (nSPS) is 14.6. The van der Waals surface area contributed by atoms with Gasteiger partial charge in [0.1, 0.15) is 12.4 Å². The molecule has 0 aliphatic carbocycles. The third kappa shape index (κ3) is 5.30. The number of pyridine rings is 1. The Bertz CT molecular complexity index is 1070. The first kappa shape index (κ1) is 21.9. The molecule has 168 valence electrons. The lowest BCUT2D eigenvalue weighted by molar-refractivity contribution is 0.0841. The second kappa shape index (κ2) is 9.88. The smallest absolute Gasteiger partial charge is 0.251 e. The maximum Gasteiger partial charge on any atom is 0.251 e. The molecule has 0 fully saturated rings. The van der Waals surface area contributed by atoms with Crippen molar-refractivity contribution in [3.05, 3.63) is 77.0 Å². The van der Waals surface area contributed by atoms with Crippen molar-refractivity contribution in [3.63, 3.8) is 0 Å². The van der Waals surface area contributed by atoms with Crippen LogP contribution < -0.4 is 10.1 Å². The Morgan fingerprint density at radius 3 is 3.06 bits per heavy atom. The summed E-state index contributed by atoms with van der Waals surface area (Å²) in [4.78, 5) is 21.6. The Morgan fingerprint density at radius 1 is 1.41 bits per heavy atom. The molecular weight excluding hydrogens is 415 g/mol. The van der Waals surface area contributed by atoms with Crippen molar-refractivity contribution in [1.82, 2.24) is 20.2 Å². The Balaban J connectivity index is 1.29. The fourth-order valence-corrected chi connectivity index (χ4v) is 3.87. The number of hydrogen-bond acceptors (Lipinski definition) is 7. The Kier molecular flexibility index (Phi) is 6.77. The number of halogens is 1. The minimum atomic E-state index is -0.738. The summed E-state index contributed by atoms with van der Waals surface area (Å²) in [5.41, 5.74) is 3.75. The Labute approximate surface area is 185 Å². The number of aliphatic hydroxyl groups excluding tert-OH is 1. The minimum Gasteiger partial charge on any atom is -0.485 e. The molecule has 0 radical (unpaired) electrons. The first-order valence-electron chi connectivity index (χ1n) is 10.4. The van der Waals surface area contributed by atoms with Gasteiger partial charge in [-0.15, -0.1) is 0 Å². The molecule has 1 aliphatic rings. The van der Waals surface area contributed by atoms with Gasteiger partial charge in [0.2, 0.25) is 5.95 Å². The number of carbonyl (C=O) groups is 1. The van der Waals surface area contributed by atoms with Crippen molar-refractivity contribution in [2.75, 3.05) is 19.6 Å². The number of nitrogens with zero attached hydrogens (tertiary/aromatic N) is 3. The third-order valence-corrected chi connectivity index (χ3v) is 5.53. The maximum atomic E-state index is 13.2. The van der Waals surface area contributed by atoms with Gasteiger partial charge < -0.3 is 19.6 Å². The van der Waals surface area contributed by atoms with E-state index in [0.717, 1.165) is 30.3 Å². The molecule has 1 atom stereocenters. The highest BCUT2D eigenvalue weighted by molar-refractivity contribution is 5.94. The molecule has 2 N–H and O–H groups in total. The van der Waals surface area contributed by atoms with Gasteiger partial charge >= 0.3 is 0 Å². The van der Waals surface area contributed by atoms with Crippen molar-refractivity contribution < 1.29 is 23.4 Å². The zero-order chi connectivity index (χ0) is 22.5. The molecule has 1 aromatic carbocycles. The molecule has 0 saturated heterocycles. The van der Waals surface area contributed by atoms with Gasteiger partial charge in [0.25, 0.3) is 5.91 Å². The van der Waals surface area contributed by atoms with Crippen molar-refractivity contribution in [2.24, 2.45) is 0 Å². The van der Waals surface area contributed by atoms with Crippen molar-refractivity contribution in [3.8, 4) is 5.75 Å². The first-order chi connectivity index (χ1) is 15.5. The van der Waals surface area contributed by atoms with Crippen LogP contribution in [0.5, 0.6) is 5.75 Å². The number of aliphatic hydroxyl groups is 1. The molecule has 2 aromatic heterocycles. The van der Waals surface area contributed by atoms with Crippen LogP contribution >= 0.6 is 0 Å². The van der Waals surface area contributed by atoms with Crippen LogP contribution in [0.25, 0.3) is 0 Å². The SMILES string of the molecule is Cc1c(OCc2cnco2)ccc2c1CCN(C[C@@H](O)CNC(=O)c1ccnc(F)c1)C2. The fourth-order valence-electron chi connectivity index (χ4n) is 3.87. The summed E-state index contributed by atoms with van der Waals surface area (Å²) in [6.07, 6.45) is 4.35. The Morgan fingerprint density at radius 2 is 2.28 bits per heavy atom. The number of carbonyl (C=O) groups excluding carboxylic acids is 1. The second-order valence-corrected chi connectivity index (χ2v) is 7.80. The number of aromatic nitrogens is 2. The van der Waals surface area contributed by atoms with E-state index >= 15 is 0 Å². The predicted molar refractivity (Wildman–Crippen MR) is 114 cm³/mol. The average molecular weight is 440 g/mol. The molecule has 0 saturated carbocycles. The minimum absolute atomic E-state index is 0.0829. The summed E-state index contributed by atoms with van der Waals surface area (Å²) in [5, 5.41) is 13.0. The van der Waals surface area contributed by atoms with E-state index in [1.165, 1.54) is 29.8 Å². The summed E-state index contributed by atoms with van der Waals surface area (Å²) in [5.74, 6) is 0.335. The van der Waals surface area contributed by atoms with E-state index in [1.807, 2.05) is 6.07 Å². The van der Waals surface area contributed by atoms with Crippen molar-refractivity contribution in [2.45, 2.75) is 32.6 Å².